The van der Waals surface area contributed by atoms with Gasteiger partial charge in [-0.3, -0.25) is 4.79 Å². The average Bonchev–Trinajstić information content (AvgIpc) is 2.83. The van der Waals surface area contributed by atoms with Crippen molar-refractivity contribution in [2.45, 2.75) is 45.1 Å². The predicted octanol–water partition coefficient (Wildman–Crippen LogP) is 3.39. The fraction of sp³-hybridized carbons (Fsp3) is 0.500. The van der Waals surface area contributed by atoms with Crippen LogP contribution in [0.3, 0.4) is 0 Å². The number of benzene rings is 1. The highest BCUT2D eigenvalue weighted by molar-refractivity contribution is 6.30. The molecular formula is C14H17ClFNO. The van der Waals surface area contributed by atoms with Gasteiger partial charge in [0.1, 0.15) is 5.82 Å². The second-order valence-corrected chi connectivity index (χ2v) is 5.28. The number of carbonyl (C=O) groups is 1. The Hall–Kier alpha value is -1.09. The predicted molar refractivity (Wildman–Crippen MR) is 70.2 cm³/mol. The Morgan fingerprint density at radius 3 is 2.78 bits per heavy atom. The van der Waals surface area contributed by atoms with Crippen LogP contribution in [0.5, 0.6) is 0 Å². The normalized spacial score (nSPS) is 15.9. The third kappa shape index (κ3) is 3.02. The molecule has 0 aliphatic heterocycles. The van der Waals surface area contributed by atoms with Gasteiger partial charge in [-0.25, -0.2) is 4.39 Å². The van der Waals surface area contributed by atoms with E-state index in [1.165, 1.54) is 18.9 Å². The van der Waals surface area contributed by atoms with E-state index in [0.717, 1.165) is 12.8 Å². The zero-order valence-corrected chi connectivity index (χ0v) is 11.2. The molecule has 18 heavy (non-hydrogen) atoms. The third-order valence-electron chi connectivity index (χ3n) is 3.52. The highest BCUT2D eigenvalue weighted by Crippen LogP contribution is 2.22. The summed E-state index contributed by atoms with van der Waals surface area (Å²) in [5, 5.41) is 3.10. The molecule has 1 aromatic rings. The fourth-order valence-corrected chi connectivity index (χ4v) is 2.61. The van der Waals surface area contributed by atoms with Gasteiger partial charge in [-0.2, -0.15) is 0 Å². The van der Waals surface area contributed by atoms with Crippen molar-refractivity contribution in [2.75, 3.05) is 0 Å². The van der Waals surface area contributed by atoms with Gasteiger partial charge in [0.2, 0.25) is 5.91 Å². The second kappa shape index (κ2) is 5.70. The molecule has 1 N–H and O–H groups in total. The molecule has 0 radical (unpaired) electrons. The molecule has 2 nitrogen and oxygen atoms in total. The Balaban J connectivity index is 2.00. The molecule has 0 aromatic heterocycles. The molecule has 1 aliphatic rings. The Kier molecular flexibility index (Phi) is 4.23. The number of hydrogen-bond donors (Lipinski definition) is 1. The van der Waals surface area contributed by atoms with Crippen molar-refractivity contribution in [3.63, 3.8) is 0 Å². The summed E-state index contributed by atoms with van der Waals surface area (Å²) in [4.78, 5) is 11.9. The lowest BCUT2D eigenvalue weighted by Crippen LogP contribution is -2.33. The monoisotopic (exact) mass is 269 g/mol. The molecular weight excluding hydrogens is 253 g/mol. The van der Waals surface area contributed by atoms with Crippen LogP contribution in [-0.2, 0) is 11.2 Å². The maximum Gasteiger partial charge on any atom is 0.224 e. The van der Waals surface area contributed by atoms with Crippen LogP contribution < -0.4 is 5.32 Å². The first-order valence-electron chi connectivity index (χ1n) is 6.31. The maximum absolute atomic E-state index is 13.6. The smallest absolute Gasteiger partial charge is 0.224 e. The number of halogens is 2. The lowest BCUT2D eigenvalue weighted by Gasteiger charge is -2.13. The van der Waals surface area contributed by atoms with Crippen LogP contribution in [0, 0.1) is 12.7 Å². The van der Waals surface area contributed by atoms with E-state index in [4.69, 9.17) is 11.6 Å². The molecule has 0 heterocycles. The summed E-state index contributed by atoms with van der Waals surface area (Å²) >= 11 is 5.68. The summed E-state index contributed by atoms with van der Waals surface area (Å²) in [5.74, 6) is -0.463. The van der Waals surface area contributed by atoms with Gasteiger partial charge in [0.05, 0.1) is 11.4 Å². The van der Waals surface area contributed by atoms with E-state index >= 15 is 0 Å². The van der Waals surface area contributed by atoms with Crippen molar-refractivity contribution in [3.8, 4) is 0 Å². The second-order valence-electron chi connectivity index (χ2n) is 4.87. The van der Waals surface area contributed by atoms with Gasteiger partial charge in [-0.15, -0.1) is 0 Å². The summed E-state index contributed by atoms with van der Waals surface area (Å²) in [6.45, 7) is 1.65. The topological polar surface area (TPSA) is 29.1 Å². The van der Waals surface area contributed by atoms with Crippen molar-refractivity contribution < 1.29 is 9.18 Å². The van der Waals surface area contributed by atoms with E-state index in [2.05, 4.69) is 5.32 Å². The first-order valence-corrected chi connectivity index (χ1v) is 6.68. The highest BCUT2D eigenvalue weighted by Gasteiger charge is 2.18. The standard InChI is InChI=1S/C14H17ClFNO/c1-9-10(6-7-12(15)14(9)16)8-13(18)17-11-4-2-3-5-11/h6-7,11H,2-5,8H2,1H3,(H,17,18). The molecule has 0 unspecified atom stereocenters. The molecule has 0 saturated heterocycles. The van der Waals surface area contributed by atoms with Crippen LogP contribution in [0.25, 0.3) is 0 Å². The minimum absolute atomic E-state index is 0.0354. The SMILES string of the molecule is Cc1c(CC(=O)NC2CCCC2)ccc(Cl)c1F. The number of rotatable bonds is 3. The van der Waals surface area contributed by atoms with E-state index in [1.807, 2.05) is 0 Å². The van der Waals surface area contributed by atoms with Gasteiger partial charge in [-0.05, 0) is 37.0 Å². The van der Waals surface area contributed by atoms with Gasteiger partial charge < -0.3 is 5.32 Å². The van der Waals surface area contributed by atoms with Crippen molar-refractivity contribution in [2.24, 2.45) is 0 Å². The summed E-state index contributed by atoms with van der Waals surface area (Å²) in [6.07, 6.45) is 4.69. The minimum Gasteiger partial charge on any atom is -0.353 e. The average molecular weight is 270 g/mol. The Morgan fingerprint density at radius 2 is 2.11 bits per heavy atom. The molecule has 1 aliphatic carbocycles. The Labute approximate surface area is 112 Å². The van der Waals surface area contributed by atoms with E-state index in [0.29, 0.717) is 17.2 Å². The molecule has 1 aromatic carbocycles. The molecule has 1 fully saturated rings. The number of hydrogen-bond acceptors (Lipinski definition) is 1. The summed E-state index contributed by atoms with van der Waals surface area (Å²) in [5.41, 5.74) is 1.16. The van der Waals surface area contributed by atoms with Gasteiger partial charge in [0, 0.05) is 6.04 Å². The lowest BCUT2D eigenvalue weighted by atomic mass is 10.0. The number of amides is 1. The largest absolute Gasteiger partial charge is 0.353 e. The summed E-state index contributed by atoms with van der Waals surface area (Å²) in [6, 6.07) is 3.52. The zero-order valence-electron chi connectivity index (χ0n) is 10.4. The number of carbonyl (C=O) groups excluding carboxylic acids is 1. The lowest BCUT2D eigenvalue weighted by molar-refractivity contribution is -0.121. The molecule has 4 heteroatoms. The van der Waals surface area contributed by atoms with Crippen LogP contribution in [0.15, 0.2) is 12.1 Å². The fourth-order valence-electron chi connectivity index (χ4n) is 2.41. The first-order chi connectivity index (χ1) is 8.58. The summed E-state index contributed by atoms with van der Waals surface area (Å²) < 4.78 is 13.6. The Morgan fingerprint density at radius 1 is 1.44 bits per heavy atom. The van der Waals surface area contributed by atoms with Gasteiger partial charge in [-0.1, -0.05) is 30.5 Å². The van der Waals surface area contributed by atoms with Crippen molar-refractivity contribution in [1.29, 1.82) is 0 Å². The number of nitrogens with one attached hydrogen (secondary N) is 1. The molecule has 0 spiro atoms. The van der Waals surface area contributed by atoms with E-state index < -0.39 is 5.82 Å². The van der Waals surface area contributed by atoms with Crippen molar-refractivity contribution >= 4 is 17.5 Å². The maximum atomic E-state index is 13.6. The van der Waals surface area contributed by atoms with Crippen LogP contribution >= 0.6 is 11.6 Å². The van der Waals surface area contributed by atoms with Crippen LogP contribution in [0.1, 0.15) is 36.8 Å². The summed E-state index contributed by atoms with van der Waals surface area (Å²) in [7, 11) is 0. The third-order valence-corrected chi connectivity index (χ3v) is 3.81. The molecule has 0 bridgehead atoms. The van der Waals surface area contributed by atoms with Gasteiger partial charge >= 0.3 is 0 Å². The molecule has 2 rings (SSSR count). The molecule has 0 atom stereocenters. The highest BCUT2D eigenvalue weighted by atomic mass is 35.5. The van der Waals surface area contributed by atoms with Gasteiger partial charge in [0.25, 0.3) is 0 Å². The van der Waals surface area contributed by atoms with E-state index in [9.17, 15) is 9.18 Å². The van der Waals surface area contributed by atoms with Crippen LogP contribution in [0.4, 0.5) is 4.39 Å². The molecule has 98 valence electrons. The van der Waals surface area contributed by atoms with Crippen molar-refractivity contribution in [1.82, 2.24) is 5.32 Å². The van der Waals surface area contributed by atoms with E-state index in [1.54, 1.807) is 13.0 Å². The first kappa shape index (κ1) is 13.3. The van der Waals surface area contributed by atoms with Crippen molar-refractivity contribution in [3.05, 3.63) is 34.1 Å². The quantitative estimate of drug-likeness (QED) is 0.895. The van der Waals surface area contributed by atoms with E-state index in [-0.39, 0.29) is 17.4 Å². The zero-order chi connectivity index (χ0) is 13.1. The Bertz CT molecular complexity index is 455. The molecule has 1 saturated carbocycles. The minimum atomic E-state index is -0.428. The van der Waals surface area contributed by atoms with Crippen LogP contribution in [-0.4, -0.2) is 11.9 Å². The molecule has 1 amide bonds. The van der Waals surface area contributed by atoms with Gasteiger partial charge in [0.15, 0.2) is 0 Å². The van der Waals surface area contributed by atoms with Crippen LogP contribution in [0.2, 0.25) is 5.02 Å².